The number of alkyl halides is 1. The average molecular weight is 233 g/mol. The van der Waals surface area contributed by atoms with Gasteiger partial charge in [-0.15, -0.1) is 0 Å². The summed E-state index contributed by atoms with van der Waals surface area (Å²) in [5.41, 5.74) is 0.447. The van der Waals surface area contributed by atoms with Crippen molar-refractivity contribution in [1.29, 1.82) is 0 Å². The summed E-state index contributed by atoms with van der Waals surface area (Å²) in [4.78, 5) is 11.3. The fraction of sp³-hybridized carbons (Fsp3) is 0.375. The summed E-state index contributed by atoms with van der Waals surface area (Å²) in [5.74, 6) is -0.352. The molecule has 0 spiro atoms. The van der Waals surface area contributed by atoms with Crippen molar-refractivity contribution in [2.45, 2.75) is 11.8 Å². The van der Waals surface area contributed by atoms with Gasteiger partial charge in [-0.25, -0.2) is 4.79 Å². The van der Waals surface area contributed by atoms with Crippen LogP contribution >= 0.6 is 15.9 Å². The number of ether oxygens (including phenoxy) is 1. The lowest BCUT2D eigenvalue weighted by Gasteiger charge is -2.03. The van der Waals surface area contributed by atoms with Crippen molar-refractivity contribution >= 4 is 21.9 Å². The molecule has 0 amide bonds. The van der Waals surface area contributed by atoms with Crippen LogP contribution in [0.2, 0.25) is 0 Å². The summed E-state index contributed by atoms with van der Waals surface area (Å²) in [7, 11) is 0. The molecule has 0 aliphatic rings. The van der Waals surface area contributed by atoms with Crippen LogP contribution in [-0.4, -0.2) is 17.4 Å². The summed E-state index contributed by atoms with van der Waals surface area (Å²) in [6, 6.07) is 1.57. The fourth-order valence-corrected chi connectivity index (χ4v) is 0.787. The van der Waals surface area contributed by atoms with E-state index < -0.39 is 0 Å². The van der Waals surface area contributed by atoms with Gasteiger partial charge >= 0.3 is 5.97 Å². The van der Waals surface area contributed by atoms with Gasteiger partial charge in [0.2, 0.25) is 0 Å². The van der Waals surface area contributed by atoms with Crippen LogP contribution in [0.25, 0.3) is 0 Å². The van der Waals surface area contributed by atoms with Gasteiger partial charge in [0.05, 0.1) is 11.8 Å². The molecular weight excluding hydrogens is 224 g/mol. The molecule has 0 aliphatic carbocycles. The zero-order valence-electron chi connectivity index (χ0n) is 6.62. The number of hydrogen-bond acceptors (Lipinski definition) is 3. The molecule has 1 rings (SSSR count). The summed E-state index contributed by atoms with van der Waals surface area (Å²) in [6.07, 6.45) is 2.80. The van der Waals surface area contributed by atoms with Crippen molar-refractivity contribution < 1.29 is 13.9 Å². The first kappa shape index (κ1) is 9.32. The van der Waals surface area contributed by atoms with Crippen LogP contribution in [0, 0.1) is 0 Å². The topological polar surface area (TPSA) is 39.4 Å². The van der Waals surface area contributed by atoms with Gasteiger partial charge < -0.3 is 9.15 Å². The molecule has 1 heterocycles. The quantitative estimate of drug-likeness (QED) is 0.593. The fourth-order valence-electron chi connectivity index (χ4n) is 0.654. The Morgan fingerprint density at radius 3 is 3.08 bits per heavy atom. The van der Waals surface area contributed by atoms with E-state index in [1.165, 1.54) is 12.5 Å². The van der Waals surface area contributed by atoms with Gasteiger partial charge in [-0.3, -0.25) is 0 Å². The number of furan rings is 1. The van der Waals surface area contributed by atoms with Gasteiger partial charge in [-0.1, -0.05) is 15.9 Å². The van der Waals surface area contributed by atoms with Crippen molar-refractivity contribution in [3.8, 4) is 0 Å². The number of esters is 1. The van der Waals surface area contributed by atoms with Gasteiger partial charge in [0.1, 0.15) is 12.9 Å². The molecule has 66 valence electrons. The maximum atomic E-state index is 11.1. The van der Waals surface area contributed by atoms with Crippen LogP contribution in [0.15, 0.2) is 23.0 Å². The van der Waals surface area contributed by atoms with Crippen molar-refractivity contribution in [1.82, 2.24) is 0 Å². The van der Waals surface area contributed by atoms with Crippen molar-refractivity contribution in [2.75, 3.05) is 6.61 Å². The SMILES string of the molecule is CC(Br)COC(=O)c1ccoc1. The number of halogens is 1. The standard InChI is InChI=1S/C8H9BrO3/c1-6(9)4-12-8(10)7-2-3-11-5-7/h2-3,5-6H,4H2,1H3. The number of hydrogen-bond donors (Lipinski definition) is 0. The molecule has 4 heteroatoms. The lowest BCUT2D eigenvalue weighted by atomic mass is 10.3. The molecule has 1 aromatic rings. The Morgan fingerprint density at radius 2 is 2.58 bits per heavy atom. The lowest BCUT2D eigenvalue weighted by molar-refractivity contribution is 0.0511. The molecule has 1 unspecified atom stereocenters. The molecule has 0 aliphatic heterocycles. The smallest absolute Gasteiger partial charge is 0.341 e. The Bertz CT molecular complexity index is 241. The van der Waals surface area contributed by atoms with E-state index in [-0.39, 0.29) is 10.8 Å². The Kier molecular flexibility index (Phi) is 3.34. The molecule has 1 atom stereocenters. The molecule has 1 aromatic heterocycles. The Hall–Kier alpha value is -0.770. The van der Waals surface area contributed by atoms with Crippen LogP contribution in [0.1, 0.15) is 17.3 Å². The molecule has 0 saturated carbocycles. The van der Waals surface area contributed by atoms with Crippen LogP contribution < -0.4 is 0 Å². The number of carbonyl (C=O) groups is 1. The predicted octanol–water partition coefficient (Wildman–Crippen LogP) is 2.22. The van der Waals surface area contributed by atoms with E-state index in [1.807, 2.05) is 6.92 Å². The largest absolute Gasteiger partial charge is 0.472 e. The van der Waals surface area contributed by atoms with Crippen LogP contribution in [0.4, 0.5) is 0 Å². The highest BCUT2D eigenvalue weighted by atomic mass is 79.9. The molecule has 0 N–H and O–H groups in total. The third kappa shape index (κ3) is 2.70. The maximum absolute atomic E-state index is 11.1. The van der Waals surface area contributed by atoms with E-state index in [2.05, 4.69) is 15.9 Å². The molecule has 12 heavy (non-hydrogen) atoms. The second kappa shape index (κ2) is 4.30. The van der Waals surface area contributed by atoms with Crippen LogP contribution in [0.3, 0.4) is 0 Å². The molecule has 3 nitrogen and oxygen atoms in total. The van der Waals surface area contributed by atoms with Gasteiger partial charge in [0.15, 0.2) is 0 Å². The second-order valence-corrected chi connectivity index (χ2v) is 3.95. The van der Waals surface area contributed by atoms with Gasteiger partial charge in [0.25, 0.3) is 0 Å². The second-order valence-electron chi connectivity index (χ2n) is 2.39. The van der Waals surface area contributed by atoms with E-state index in [9.17, 15) is 4.79 Å². The van der Waals surface area contributed by atoms with E-state index >= 15 is 0 Å². The summed E-state index contributed by atoms with van der Waals surface area (Å²) in [6.45, 7) is 2.27. The molecule has 0 fully saturated rings. The Morgan fingerprint density at radius 1 is 1.83 bits per heavy atom. The number of carbonyl (C=O) groups excluding carboxylic acids is 1. The Balaban J connectivity index is 2.40. The average Bonchev–Trinajstić information content (AvgIpc) is 2.51. The first-order valence-electron chi connectivity index (χ1n) is 3.53. The van der Waals surface area contributed by atoms with Crippen LogP contribution in [0.5, 0.6) is 0 Å². The minimum Gasteiger partial charge on any atom is -0.472 e. The highest BCUT2D eigenvalue weighted by molar-refractivity contribution is 9.09. The first-order valence-corrected chi connectivity index (χ1v) is 4.45. The molecule has 0 bridgehead atoms. The summed E-state index contributed by atoms with van der Waals surface area (Å²) < 4.78 is 9.63. The van der Waals surface area contributed by atoms with E-state index in [4.69, 9.17) is 9.15 Å². The molecule has 0 radical (unpaired) electrons. The zero-order chi connectivity index (χ0) is 8.97. The lowest BCUT2D eigenvalue weighted by Crippen LogP contribution is -2.10. The van der Waals surface area contributed by atoms with Crippen molar-refractivity contribution in [3.63, 3.8) is 0 Å². The highest BCUT2D eigenvalue weighted by Crippen LogP contribution is 2.04. The maximum Gasteiger partial charge on any atom is 0.341 e. The third-order valence-electron chi connectivity index (χ3n) is 1.20. The highest BCUT2D eigenvalue weighted by Gasteiger charge is 2.08. The van der Waals surface area contributed by atoms with Gasteiger partial charge in [-0.05, 0) is 13.0 Å². The first-order chi connectivity index (χ1) is 5.70. The minimum absolute atomic E-state index is 0.174. The molecule has 0 aromatic carbocycles. The van der Waals surface area contributed by atoms with E-state index in [0.29, 0.717) is 12.2 Å². The third-order valence-corrected chi connectivity index (χ3v) is 1.47. The van der Waals surface area contributed by atoms with Crippen LogP contribution in [-0.2, 0) is 4.74 Å². The zero-order valence-corrected chi connectivity index (χ0v) is 8.21. The molecular formula is C8H9BrO3. The van der Waals surface area contributed by atoms with E-state index in [1.54, 1.807) is 6.07 Å². The van der Waals surface area contributed by atoms with Gasteiger partial charge in [0, 0.05) is 4.83 Å². The van der Waals surface area contributed by atoms with Gasteiger partial charge in [-0.2, -0.15) is 0 Å². The summed E-state index contributed by atoms with van der Waals surface area (Å²) in [5, 5.41) is 0. The summed E-state index contributed by atoms with van der Waals surface area (Å²) >= 11 is 3.27. The molecule has 0 saturated heterocycles. The minimum atomic E-state index is -0.352. The van der Waals surface area contributed by atoms with Crippen molar-refractivity contribution in [2.24, 2.45) is 0 Å². The number of rotatable bonds is 3. The predicted molar refractivity (Wildman–Crippen MR) is 47.4 cm³/mol. The normalized spacial score (nSPS) is 12.5. The van der Waals surface area contributed by atoms with E-state index in [0.717, 1.165) is 0 Å². The Labute approximate surface area is 78.8 Å². The van der Waals surface area contributed by atoms with Crippen molar-refractivity contribution in [3.05, 3.63) is 24.2 Å². The monoisotopic (exact) mass is 232 g/mol.